The van der Waals surface area contributed by atoms with Gasteiger partial charge in [0, 0.05) is 11.1 Å². The van der Waals surface area contributed by atoms with E-state index in [0.29, 0.717) is 0 Å². The lowest BCUT2D eigenvalue weighted by Gasteiger charge is -2.19. The van der Waals surface area contributed by atoms with Crippen LogP contribution >= 0.6 is 0 Å². The third-order valence-electron chi connectivity index (χ3n) is 5.30. The lowest BCUT2D eigenvalue weighted by molar-refractivity contribution is 0.281. The van der Waals surface area contributed by atoms with Crippen LogP contribution in [0, 0.1) is 0 Å². The Morgan fingerprint density at radius 1 is 0.846 bits per heavy atom. The fraction of sp³-hybridized carbons (Fsp3) is 0.364. The average molecular weight is 348 g/mol. The second-order valence-corrected chi connectivity index (χ2v) is 6.97. The van der Waals surface area contributed by atoms with Crippen molar-refractivity contribution in [3.05, 3.63) is 64.2 Å². The molecule has 0 unspecified atom stereocenters. The minimum Gasteiger partial charge on any atom is -0.497 e. The van der Waals surface area contributed by atoms with E-state index in [4.69, 9.17) is 4.74 Å². The molecule has 1 N–H and O–H groups in total. The molecule has 0 aliphatic heterocycles. The van der Waals surface area contributed by atoms with Crippen LogP contribution in [0.25, 0.3) is 0 Å². The molecule has 0 saturated carbocycles. The number of rotatable bonds is 3. The van der Waals surface area contributed by atoms with Gasteiger partial charge in [-0.25, -0.2) is 0 Å². The van der Waals surface area contributed by atoms with Crippen LogP contribution < -0.4 is 4.74 Å². The summed E-state index contributed by atoms with van der Waals surface area (Å²) in [4.78, 5) is 0. The Hall–Kier alpha value is -2.46. The Morgan fingerprint density at radius 3 is 2.08 bits per heavy atom. The SMILES string of the molecule is COc1ccc2c(c1)CCC/C2=N\N=C1/CCCc2cc(CO)ccc21. The number of hydrogen-bond donors (Lipinski definition) is 1. The number of fused-ring (bicyclic) bond motifs is 2. The van der Waals surface area contributed by atoms with E-state index in [-0.39, 0.29) is 6.61 Å². The summed E-state index contributed by atoms with van der Waals surface area (Å²) in [6, 6.07) is 12.4. The molecule has 0 aromatic heterocycles. The summed E-state index contributed by atoms with van der Waals surface area (Å²) in [6.07, 6.45) is 6.21. The third-order valence-corrected chi connectivity index (χ3v) is 5.30. The van der Waals surface area contributed by atoms with Gasteiger partial charge in [0.05, 0.1) is 25.1 Å². The molecule has 2 aliphatic rings. The molecular formula is C22H24N2O2. The minimum atomic E-state index is 0.0856. The van der Waals surface area contributed by atoms with Gasteiger partial charge in [-0.1, -0.05) is 18.2 Å². The monoisotopic (exact) mass is 348 g/mol. The normalized spacial score (nSPS) is 19.3. The smallest absolute Gasteiger partial charge is 0.119 e. The molecule has 0 heterocycles. The van der Waals surface area contributed by atoms with E-state index >= 15 is 0 Å². The zero-order chi connectivity index (χ0) is 17.9. The number of ether oxygens (including phenoxy) is 1. The summed E-state index contributed by atoms with van der Waals surface area (Å²) in [6.45, 7) is 0.0856. The second-order valence-electron chi connectivity index (χ2n) is 6.97. The predicted octanol–water partition coefficient (Wildman–Crippen LogP) is 4.05. The third kappa shape index (κ3) is 3.29. The molecule has 0 radical (unpaired) electrons. The molecule has 2 aromatic carbocycles. The Bertz CT molecular complexity index is 810. The number of nitrogens with zero attached hydrogens (tertiary/aromatic N) is 2. The highest BCUT2D eigenvalue weighted by Gasteiger charge is 2.18. The van der Waals surface area contributed by atoms with E-state index < -0.39 is 0 Å². The molecule has 4 nitrogen and oxygen atoms in total. The van der Waals surface area contributed by atoms with Crippen LogP contribution in [0.15, 0.2) is 46.6 Å². The number of benzene rings is 2. The molecule has 134 valence electrons. The van der Waals surface area contributed by atoms with Crippen molar-refractivity contribution < 1.29 is 9.84 Å². The highest BCUT2D eigenvalue weighted by atomic mass is 16.5. The van der Waals surface area contributed by atoms with Crippen LogP contribution in [0.2, 0.25) is 0 Å². The number of aliphatic hydroxyl groups is 1. The summed E-state index contributed by atoms with van der Waals surface area (Å²) in [7, 11) is 1.70. The highest BCUT2D eigenvalue weighted by molar-refractivity contribution is 6.05. The Kier molecular flexibility index (Phi) is 4.85. The first-order chi connectivity index (χ1) is 12.8. The first kappa shape index (κ1) is 17.0. The molecule has 4 heteroatoms. The number of aliphatic hydroxyl groups excluding tert-OH is 1. The Morgan fingerprint density at radius 2 is 1.46 bits per heavy atom. The molecule has 0 atom stereocenters. The predicted molar refractivity (Wildman–Crippen MR) is 104 cm³/mol. The molecule has 2 aromatic rings. The lowest BCUT2D eigenvalue weighted by Crippen LogP contribution is -2.14. The zero-order valence-electron chi connectivity index (χ0n) is 15.2. The van der Waals surface area contributed by atoms with Gasteiger partial charge in [0.2, 0.25) is 0 Å². The van der Waals surface area contributed by atoms with Crippen LogP contribution in [0.3, 0.4) is 0 Å². The van der Waals surface area contributed by atoms with Gasteiger partial charge in [0.1, 0.15) is 5.75 Å². The number of methoxy groups -OCH3 is 1. The summed E-state index contributed by atoms with van der Waals surface area (Å²) in [5.41, 5.74) is 8.05. The van der Waals surface area contributed by atoms with Gasteiger partial charge in [-0.15, -0.1) is 0 Å². The summed E-state index contributed by atoms with van der Waals surface area (Å²) in [5, 5.41) is 18.7. The minimum absolute atomic E-state index is 0.0856. The van der Waals surface area contributed by atoms with Crippen molar-refractivity contribution in [2.45, 2.75) is 45.1 Å². The number of hydrogen-bond acceptors (Lipinski definition) is 4. The molecule has 0 spiro atoms. The Labute approximate surface area is 154 Å². The van der Waals surface area contributed by atoms with Gasteiger partial charge in [0.15, 0.2) is 0 Å². The van der Waals surface area contributed by atoms with Crippen LogP contribution in [0.4, 0.5) is 0 Å². The van der Waals surface area contributed by atoms with Crippen molar-refractivity contribution in [2.24, 2.45) is 10.2 Å². The summed E-state index contributed by atoms with van der Waals surface area (Å²) < 4.78 is 5.34. The fourth-order valence-corrected chi connectivity index (χ4v) is 3.91. The van der Waals surface area contributed by atoms with Gasteiger partial charge in [-0.3, -0.25) is 0 Å². The van der Waals surface area contributed by atoms with Crippen molar-refractivity contribution in [1.82, 2.24) is 0 Å². The van der Waals surface area contributed by atoms with Gasteiger partial charge in [-0.2, -0.15) is 10.2 Å². The van der Waals surface area contributed by atoms with E-state index in [1.165, 1.54) is 22.3 Å². The van der Waals surface area contributed by atoms with Crippen LogP contribution in [-0.4, -0.2) is 23.6 Å². The van der Waals surface area contributed by atoms with E-state index in [9.17, 15) is 5.11 Å². The largest absolute Gasteiger partial charge is 0.497 e. The topological polar surface area (TPSA) is 54.2 Å². The summed E-state index contributed by atoms with van der Waals surface area (Å²) in [5.74, 6) is 0.900. The van der Waals surface area contributed by atoms with Crippen molar-refractivity contribution >= 4 is 11.4 Å². The van der Waals surface area contributed by atoms with Crippen LogP contribution in [0.5, 0.6) is 5.75 Å². The molecule has 2 aliphatic carbocycles. The quantitative estimate of drug-likeness (QED) is 0.851. The zero-order valence-corrected chi connectivity index (χ0v) is 15.2. The van der Waals surface area contributed by atoms with Gasteiger partial charge in [0.25, 0.3) is 0 Å². The molecule has 0 fully saturated rings. The maximum Gasteiger partial charge on any atom is 0.119 e. The van der Waals surface area contributed by atoms with E-state index in [1.54, 1.807) is 7.11 Å². The molecular weight excluding hydrogens is 324 g/mol. The first-order valence-corrected chi connectivity index (χ1v) is 9.32. The van der Waals surface area contributed by atoms with Crippen molar-refractivity contribution in [2.75, 3.05) is 7.11 Å². The standard InChI is InChI=1S/C22H24N2O2/c1-26-18-9-11-20-17(13-18)5-3-7-22(20)24-23-21-6-2-4-16-12-15(14-25)8-10-19(16)21/h8-13,25H,2-7,14H2,1H3/b23-21+,24-22+. The van der Waals surface area contributed by atoms with Crippen LogP contribution in [0.1, 0.15) is 53.5 Å². The lowest BCUT2D eigenvalue weighted by atomic mass is 9.89. The Balaban J connectivity index is 1.67. The molecule has 0 saturated heterocycles. The van der Waals surface area contributed by atoms with E-state index in [1.807, 2.05) is 12.1 Å². The highest BCUT2D eigenvalue weighted by Crippen LogP contribution is 2.27. The first-order valence-electron chi connectivity index (χ1n) is 9.32. The van der Waals surface area contributed by atoms with Crippen molar-refractivity contribution in [3.8, 4) is 5.75 Å². The fourth-order valence-electron chi connectivity index (χ4n) is 3.91. The van der Waals surface area contributed by atoms with Crippen molar-refractivity contribution in [3.63, 3.8) is 0 Å². The number of aryl methyl sites for hydroxylation is 2. The van der Waals surface area contributed by atoms with Crippen LogP contribution in [-0.2, 0) is 19.4 Å². The summed E-state index contributed by atoms with van der Waals surface area (Å²) >= 11 is 0. The molecule has 0 amide bonds. The van der Waals surface area contributed by atoms with E-state index in [0.717, 1.165) is 61.3 Å². The van der Waals surface area contributed by atoms with Gasteiger partial charge >= 0.3 is 0 Å². The molecule has 4 rings (SSSR count). The molecule has 0 bridgehead atoms. The van der Waals surface area contributed by atoms with Gasteiger partial charge < -0.3 is 9.84 Å². The van der Waals surface area contributed by atoms with Crippen molar-refractivity contribution in [1.29, 1.82) is 0 Å². The molecule has 26 heavy (non-hydrogen) atoms. The van der Waals surface area contributed by atoms with Gasteiger partial charge in [-0.05, 0) is 73.4 Å². The average Bonchev–Trinajstić information content (AvgIpc) is 2.71. The second kappa shape index (κ2) is 7.42. The van der Waals surface area contributed by atoms with E-state index in [2.05, 4.69) is 34.5 Å². The maximum absolute atomic E-state index is 9.35. The maximum atomic E-state index is 9.35.